The number of benzene rings is 2. The van der Waals surface area contributed by atoms with E-state index in [2.05, 4.69) is 15.5 Å². The minimum Gasteiger partial charge on any atom is -0.497 e. The Bertz CT molecular complexity index is 1250. The van der Waals surface area contributed by atoms with E-state index in [1.54, 1.807) is 48.7 Å². The Morgan fingerprint density at radius 1 is 1.00 bits per heavy atom. The third-order valence-corrected chi connectivity index (χ3v) is 6.43. The summed E-state index contributed by atoms with van der Waals surface area (Å²) in [7, 11) is 0.184. The average Bonchev–Trinajstić information content (AvgIpc) is 2.87. The number of hydrogen-bond acceptors (Lipinski definition) is 8. The van der Waals surface area contributed by atoms with Gasteiger partial charge in [-0.3, -0.25) is 14.1 Å². The van der Waals surface area contributed by atoms with Crippen LogP contribution >= 0.6 is 0 Å². The van der Waals surface area contributed by atoms with Gasteiger partial charge < -0.3 is 14.2 Å². The number of nitrogens with one attached hydrogen (secondary N) is 1. The largest absolute Gasteiger partial charge is 0.497 e. The van der Waals surface area contributed by atoms with Gasteiger partial charge in [0.05, 0.1) is 43.8 Å². The summed E-state index contributed by atoms with van der Waals surface area (Å²) in [6.07, 6.45) is 2.95. The molecule has 178 valence electrons. The number of hydrazone groups is 1. The summed E-state index contributed by atoms with van der Waals surface area (Å²) in [6.45, 7) is -0.525. The fraction of sp³-hybridized carbons (Fsp3) is 0.174. The van der Waals surface area contributed by atoms with Gasteiger partial charge in [0.25, 0.3) is 15.9 Å². The quantitative estimate of drug-likeness (QED) is 0.347. The first-order valence-electron chi connectivity index (χ1n) is 10.0. The van der Waals surface area contributed by atoms with E-state index in [9.17, 15) is 13.2 Å². The van der Waals surface area contributed by atoms with Crippen molar-refractivity contribution in [1.82, 2.24) is 10.4 Å². The van der Waals surface area contributed by atoms with E-state index in [-0.39, 0.29) is 16.3 Å². The molecule has 0 aliphatic carbocycles. The van der Waals surface area contributed by atoms with Gasteiger partial charge in [-0.25, -0.2) is 13.8 Å². The van der Waals surface area contributed by atoms with Crippen molar-refractivity contribution in [1.29, 1.82) is 0 Å². The van der Waals surface area contributed by atoms with Crippen LogP contribution in [-0.4, -0.2) is 53.4 Å². The summed E-state index contributed by atoms with van der Waals surface area (Å²) >= 11 is 0. The first kappa shape index (κ1) is 24.5. The molecule has 3 aromatic rings. The predicted octanol–water partition coefficient (Wildman–Crippen LogP) is 2.45. The lowest BCUT2D eigenvalue weighted by Crippen LogP contribution is -2.39. The Morgan fingerprint density at radius 3 is 2.35 bits per heavy atom. The van der Waals surface area contributed by atoms with E-state index in [0.717, 1.165) is 4.31 Å². The van der Waals surface area contributed by atoms with Crippen LogP contribution in [0.15, 0.2) is 76.9 Å². The average molecular weight is 485 g/mol. The van der Waals surface area contributed by atoms with Crippen molar-refractivity contribution < 1.29 is 27.4 Å². The van der Waals surface area contributed by atoms with Gasteiger partial charge in [0.2, 0.25) is 0 Å². The number of pyridine rings is 1. The number of aromatic nitrogens is 1. The molecule has 10 nitrogen and oxygen atoms in total. The number of anilines is 1. The molecule has 1 N–H and O–H groups in total. The molecule has 0 saturated heterocycles. The molecule has 0 bridgehead atoms. The summed E-state index contributed by atoms with van der Waals surface area (Å²) in [5, 5.41) is 3.86. The second-order valence-electron chi connectivity index (χ2n) is 6.77. The smallest absolute Gasteiger partial charge is 0.264 e. The number of sulfonamides is 1. The highest BCUT2D eigenvalue weighted by Crippen LogP contribution is 2.32. The first-order valence-corrected chi connectivity index (χ1v) is 11.4. The molecule has 0 atom stereocenters. The second kappa shape index (κ2) is 11.1. The standard InChI is InChI=1S/C23H24N4O6S/c1-31-19-9-7-18(8-10-19)27(16-23(28)26-25-15-17-6-4-5-13-24-17)34(29,30)20-11-12-21(32-2)22(14-20)33-3/h4-15H,16H2,1-3H3,(H,26,28)/b25-15-. The van der Waals surface area contributed by atoms with Crippen LogP contribution in [0.1, 0.15) is 5.69 Å². The first-order chi connectivity index (χ1) is 16.4. The van der Waals surface area contributed by atoms with Gasteiger partial charge in [-0.2, -0.15) is 5.10 Å². The van der Waals surface area contributed by atoms with E-state index < -0.39 is 22.5 Å². The maximum absolute atomic E-state index is 13.6. The van der Waals surface area contributed by atoms with Gasteiger partial charge in [-0.15, -0.1) is 0 Å². The second-order valence-corrected chi connectivity index (χ2v) is 8.64. The Hall–Kier alpha value is -4.12. The Balaban J connectivity index is 1.91. The molecular formula is C23H24N4O6S. The SMILES string of the molecule is COc1ccc(N(CC(=O)N/N=C\c2ccccn2)S(=O)(=O)c2ccc(OC)c(OC)c2)cc1. The van der Waals surface area contributed by atoms with Crippen molar-refractivity contribution in [2.75, 3.05) is 32.2 Å². The van der Waals surface area contributed by atoms with Crippen LogP contribution in [0.2, 0.25) is 0 Å². The molecule has 1 amide bonds. The number of amides is 1. The fourth-order valence-corrected chi connectivity index (χ4v) is 4.39. The molecule has 2 aromatic carbocycles. The highest BCUT2D eigenvalue weighted by atomic mass is 32.2. The van der Waals surface area contributed by atoms with Crippen LogP contribution in [-0.2, 0) is 14.8 Å². The number of hydrogen-bond donors (Lipinski definition) is 1. The van der Waals surface area contributed by atoms with Crippen LogP contribution < -0.4 is 23.9 Å². The molecule has 0 spiro atoms. The molecule has 0 radical (unpaired) electrons. The third-order valence-electron chi connectivity index (χ3n) is 4.66. The molecule has 1 aromatic heterocycles. The van der Waals surface area contributed by atoms with Crippen LogP contribution in [0.3, 0.4) is 0 Å². The highest BCUT2D eigenvalue weighted by molar-refractivity contribution is 7.92. The predicted molar refractivity (Wildman–Crippen MR) is 127 cm³/mol. The van der Waals surface area contributed by atoms with Gasteiger partial charge in [-0.05, 0) is 48.5 Å². The maximum Gasteiger partial charge on any atom is 0.264 e. The zero-order valence-corrected chi connectivity index (χ0v) is 19.7. The number of rotatable bonds is 10. The molecular weight excluding hydrogens is 460 g/mol. The van der Waals surface area contributed by atoms with Gasteiger partial charge in [0, 0.05) is 12.3 Å². The molecule has 0 saturated carbocycles. The van der Waals surface area contributed by atoms with E-state index in [1.807, 2.05) is 0 Å². The zero-order chi connectivity index (χ0) is 24.6. The summed E-state index contributed by atoms with van der Waals surface area (Å²) in [4.78, 5) is 16.6. The number of carbonyl (C=O) groups excluding carboxylic acids is 1. The summed E-state index contributed by atoms with van der Waals surface area (Å²) < 4.78 is 43.7. The molecule has 0 fully saturated rings. The minimum atomic E-state index is -4.17. The van der Waals surface area contributed by atoms with Gasteiger partial charge >= 0.3 is 0 Å². The molecule has 0 unspecified atom stereocenters. The molecule has 0 aliphatic rings. The van der Waals surface area contributed by atoms with E-state index in [4.69, 9.17) is 14.2 Å². The van der Waals surface area contributed by atoms with Gasteiger partial charge in [0.15, 0.2) is 11.5 Å². The number of nitrogens with zero attached hydrogens (tertiary/aromatic N) is 3. The summed E-state index contributed by atoms with van der Waals surface area (Å²) in [5.74, 6) is 0.505. The molecule has 34 heavy (non-hydrogen) atoms. The third kappa shape index (κ3) is 5.81. The molecule has 3 rings (SSSR count). The van der Waals surface area contributed by atoms with Crippen LogP contribution in [0, 0.1) is 0 Å². The van der Waals surface area contributed by atoms with Crippen molar-refractivity contribution >= 4 is 27.8 Å². The van der Waals surface area contributed by atoms with Crippen molar-refractivity contribution in [2.24, 2.45) is 5.10 Å². The van der Waals surface area contributed by atoms with E-state index >= 15 is 0 Å². The molecule has 0 aliphatic heterocycles. The van der Waals surface area contributed by atoms with E-state index in [1.165, 1.54) is 45.7 Å². The van der Waals surface area contributed by atoms with Crippen LogP contribution in [0.4, 0.5) is 5.69 Å². The van der Waals surface area contributed by atoms with Crippen molar-refractivity contribution in [3.8, 4) is 17.2 Å². The maximum atomic E-state index is 13.6. The number of methoxy groups -OCH3 is 3. The lowest BCUT2D eigenvalue weighted by Gasteiger charge is -2.24. The Labute approximate surface area is 197 Å². The lowest BCUT2D eigenvalue weighted by molar-refractivity contribution is -0.119. The number of ether oxygens (including phenoxy) is 3. The topological polar surface area (TPSA) is 119 Å². The monoisotopic (exact) mass is 484 g/mol. The Morgan fingerprint density at radius 2 is 1.74 bits per heavy atom. The van der Waals surface area contributed by atoms with Gasteiger partial charge in [0.1, 0.15) is 12.3 Å². The van der Waals surface area contributed by atoms with Crippen molar-refractivity contribution in [2.45, 2.75) is 4.90 Å². The fourth-order valence-electron chi connectivity index (χ4n) is 2.96. The molecule has 1 heterocycles. The van der Waals surface area contributed by atoms with Crippen LogP contribution in [0.25, 0.3) is 0 Å². The van der Waals surface area contributed by atoms with Crippen molar-refractivity contribution in [3.05, 3.63) is 72.6 Å². The highest BCUT2D eigenvalue weighted by Gasteiger charge is 2.28. The van der Waals surface area contributed by atoms with E-state index in [0.29, 0.717) is 17.2 Å². The van der Waals surface area contributed by atoms with Crippen LogP contribution in [0.5, 0.6) is 17.2 Å². The summed E-state index contributed by atoms with van der Waals surface area (Å²) in [6, 6.07) is 15.7. The summed E-state index contributed by atoms with van der Waals surface area (Å²) in [5.41, 5.74) is 3.13. The van der Waals surface area contributed by atoms with Crippen molar-refractivity contribution in [3.63, 3.8) is 0 Å². The lowest BCUT2D eigenvalue weighted by atomic mass is 10.3. The zero-order valence-electron chi connectivity index (χ0n) is 18.8. The van der Waals surface area contributed by atoms with Gasteiger partial charge in [-0.1, -0.05) is 6.07 Å². The minimum absolute atomic E-state index is 0.0780. The normalized spacial score (nSPS) is 11.1. The molecule has 11 heteroatoms. The Kier molecular flexibility index (Phi) is 8.04. The number of carbonyl (C=O) groups is 1.